The van der Waals surface area contributed by atoms with Gasteiger partial charge in [-0.2, -0.15) is 0 Å². The Balaban J connectivity index is 1.24. The average Bonchev–Trinajstić information content (AvgIpc) is 3.54. The molecule has 0 bridgehead atoms. The molecule has 1 fully saturated rings. The van der Waals surface area contributed by atoms with Gasteiger partial charge in [0.15, 0.2) is 0 Å². The molecular weight excluding hydrogens is 559 g/mol. The van der Waals surface area contributed by atoms with Crippen LogP contribution in [0.1, 0.15) is 38.8 Å². The van der Waals surface area contributed by atoms with Crippen LogP contribution in [0.15, 0.2) is 97.1 Å². The highest BCUT2D eigenvalue weighted by atomic mass is 19.1. The lowest BCUT2D eigenvalue weighted by atomic mass is 9.89. The second-order valence-electron chi connectivity index (χ2n) is 10.9. The number of urea groups is 1. The lowest BCUT2D eigenvalue weighted by molar-refractivity contribution is -0.120. The molecule has 0 aliphatic carbocycles. The summed E-state index contributed by atoms with van der Waals surface area (Å²) < 4.78 is 19.4. The number of hydrogen-bond acceptors (Lipinski definition) is 4. The van der Waals surface area contributed by atoms with Gasteiger partial charge in [-0.1, -0.05) is 60.7 Å². The summed E-state index contributed by atoms with van der Waals surface area (Å²) in [6.45, 7) is 0.187. The summed E-state index contributed by atoms with van der Waals surface area (Å²) in [6.07, 6.45) is 0.636. The van der Waals surface area contributed by atoms with Crippen molar-refractivity contribution in [2.24, 2.45) is 0 Å². The summed E-state index contributed by atoms with van der Waals surface area (Å²) in [5, 5.41) is 3.83. The normalized spacial score (nSPS) is 17.5. The van der Waals surface area contributed by atoms with Gasteiger partial charge in [-0.3, -0.25) is 14.5 Å². The highest BCUT2D eigenvalue weighted by Gasteiger charge is 2.53. The molecule has 9 heteroatoms. The molecule has 220 valence electrons. The number of imide groups is 1. The van der Waals surface area contributed by atoms with Crippen molar-refractivity contribution in [1.82, 2.24) is 15.2 Å². The second kappa shape index (κ2) is 11.0. The van der Waals surface area contributed by atoms with Crippen LogP contribution in [0, 0.1) is 5.82 Å². The number of hydrogen-bond donors (Lipinski definition) is 2. The monoisotopic (exact) mass is 588 g/mol. The van der Waals surface area contributed by atoms with Crippen molar-refractivity contribution in [3.05, 3.63) is 131 Å². The summed E-state index contributed by atoms with van der Waals surface area (Å²) in [4.78, 5) is 48.1. The van der Waals surface area contributed by atoms with Gasteiger partial charge in [0, 0.05) is 29.6 Å². The van der Waals surface area contributed by atoms with Crippen LogP contribution in [0.3, 0.4) is 0 Å². The maximum Gasteiger partial charge on any atom is 0.332 e. The number of benzene rings is 4. The Labute approximate surface area is 253 Å². The molecule has 5 aromatic rings. The topological polar surface area (TPSA) is 94.7 Å². The number of nitrogens with zero attached hydrogens (tertiary/aromatic N) is 2. The Morgan fingerprint density at radius 2 is 1.68 bits per heavy atom. The van der Waals surface area contributed by atoms with Gasteiger partial charge in [-0.25, -0.2) is 14.1 Å². The van der Waals surface area contributed by atoms with Crippen LogP contribution in [-0.4, -0.2) is 47.4 Å². The molecule has 4 aromatic carbocycles. The maximum absolute atomic E-state index is 14.3. The predicted molar refractivity (Wildman–Crippen MR) is 164 cm³/mol. The molecule has 4 amide bonds. The summed E-state index contributed by atoms with van der Waals surface area (Å²) in [5.41, 5.74) is 4.49. The molecule has 1 unspecified atom stereocenters. The number of halogens is 1. The van der Waals surface area contributed by atoms with Crippen LogP contribution in [0.25, 0.3) is 10.9 Å². The van der Waals surface area contributed by atoms with Gasteiger partial charge >= 0.3 is 6.03 Å². The maximum atomic E-state index is 14.3. The fourth-order valence-electron chi connectivity index (χ4n) is 6.40. The van der Waals surface area contributed by atoms with E-state index in [1.807, 2.05) is 48.5 Å². The second-order valence-corrected chi connectivity index (χ2v) is 10.9. The van der Waals surface area contributed by atoms with Crippen LogP contribution in [0.2, 0.25) is 0 Å². The van der Waals surface area contributed by atoms with E-state index in [0.717, 1.165) is 32.6 Å². The first-order valence-electron chi connectivity index (χ1n) is 14.5. The van der Waals surface area contributed by atoms with Gasteiger partial charge in [-0.15, -0.1) is 0 Å². The molecule has 8 nitrogen and oxygen atoms in total. The van der Waals surface area contributed by atoms with Gasteiger partial charge in [-0.05, 0) is 59.5 Å². The van der Waals surface area contributed by atoms with Crippen molar-refractivity contribution in [3.63, 3.8) is 0 Å². The predicted octanol–water partition coefficient (Wildman–Crippen LogP) is 5.77. The van der Waals surface area contributed by atoms with Crippen molar-refractivity contribution in [3.8, 4) is 5.75 Å². The van der Waals surface area contributed by atoms with Gasteiger partial charge < -0.3 is 15.0 Å². The molecule has 1 saturated heterocycles. The minimum absolute atomic E-state index is 0.187. The molecule has 2 aliphatic heterocycles. The van der Waals surface area contributed by atoms with Crippen LogP contribution >= 0.6 is 0 Å². The Morgan fingerprint density at radius 1 is 0.955 bits per heavy atom. The molecule has 2 aliphatic rings. The first-order valence-corrected chi connectivity index (χ1v) is 14.5. The van der Waals surface area contributed by atoms with E-state index < -0.39 is 29.9 Å². The number of nitrogens with one attached hydrogen (secondary N) is 2. The molecule has 3 heterocycles. The van der Waals surface area contributed by atoms with Gasteiger partial charge in [0.25, 0.3) is 11.8 Å². The van der Waals surface area contributed by atoms with Crippen molar-refractivity contribution >= 4 is 34.4 Å². The lowest BCUT2D eigenvalue weighted by Gasteiger charge is -2.36. The van der Waals surface area contributed by atoms with Gasteiger partial charge in [0.2, 0.25) is 0 Å². The number of aromatic amines is 1. The summed E-state index contributed by atoms with van der Waals surface area (Å²) >= 11 is 0. The SMILES string of the molecule is COc1ccc(C2c3[nH]c4ccccc4c3C[C@H]3C(=O)N(c4ccccc4C(=O)NCCc4ccccc4F)C(=O)N23)cc1. The number of carbonyl (C=O) groups is 3. The number of amides is 4. The number of aromatic nitrogens is 1. The van der Waals surface area contributed by atoms with E-state index in [-0.39, 0.29) is 23.6 Å². The summed E-state index contributed by atoms with van der Waals surface area (Å²) in [5.74, 6) is -0.504. The third kappa shape index (κ3) is 4.48. The number of carbonyl (C=O) groups excluding carboxylic acids is 3. The standard InChI is InChI=1S/C35H29FN4O4/c1-44-23-16-14-22(15-17-23)32-31-26(24-9-3-6-12-28(24)38-31)20-30-34(42)40(35(43)39(30)32)29-13-7-4-10-25(29)33(41)37-19-18-21-8-2-5-11-27(21)36/h2-17,30,32,38H,18-20H2,1H3,(H,37,41)/t30-,32?/m0/s1. The fraction of sp³-hybridized carbons (Fsp3) is 0.171. The number of ether oxygens (including phenoxy) is 1. The van der Waals surface area contributed by atoms with Gasteiger partial charge in [0.1, 0.15) is 23.7 Å². The number of methoxy groups -OCH3 is 1. The number of para-hydroxylation sites is 2. The third-order valence-electron chi connectivity index (χ3n) is 8.51. The third-order valence-corrected chi connectivity index (χ3v) is 8.51. The Morgan fingerprint density at radius 3 is 2.48 bits per heavy atom. The van der Waals surface area contributed by atoms with E-state index in [1.165, 1.54) is 6.07 Å². The Hall–Kier alpha value is -5.44. The molecular formula is C35H29FN4O4. The fourth-order valence-corrected chi connectivity index (χ4v) is 6.40. The van der Waals surface area contributed by atoms with Crippen LogP contribution < -0.4 is 15.0 Å². The molecule has 0 saturated carbocycles. The number of fused-ring (bicyclic) bond motifs is 4. The first kappa shape index (κ1) is 27.4. The van der Waals surface area contributed by atoms with Crippen molar-refractivity contribution < 1.29 is 23.5 Å². The highest BCUT2D eigenvalue weighted by Crippen LogP contribution is 2.45. The number of anilines is 1. The minimum Gasteiger partial charge on any atom is -0.497 e. The smallest absolute Gasteiger partial charge is 0.332 e. The molecule has 7 rings (SSSR count). The quantitative estimate of drug-likeness (QED) is 0.236. The summed E-state index contributed by atoms with van der Waals surface area (Å²) in [6, 6.07) is 26.5. The van der Waals surface area contributed by atoms with Crippen molar-refractivity contribution in [1.29, 1.82) is 0 Å². The van der Waals surface area contributed by atoms with Gasteiger partial charge in [0.05, 0.1) is 18.4 Å². The van der Waals surface area contributed by atoms with Crippen LogP contribution in [0.4, 0.5) is 14.9 Å². The largest absolute Gasteiger partial charge is 0.497 e. The number of H-pyrrole nitrogens is 1. The van der Waals surface area contributed by atoms with Crippen LogP contribution in [0.5, 0.6) is 5.75 Å². The Kier molecular flexibility index (Phi) is 6.85. The molecule has 2 N–H and O–H groups in total. The molecule has 0 spiro atoms. The zero-order chi connectivity index (χ0) is 30.4. The minimum atomic E-state index is -0.765. The highest BCUT2D eigenvalue weighted by molar-refractivity contribution is 6.24. The zero-order valence-corrected chi connectivity index (χ0v) is 23.9. The van der Waals surface area contributed by atoms with Crippen LogP contribution in [-0.2, 0) is 17.6 Å². The molecule has 2 atom stereocenters. The zero-order valence-electron chi connectivity index (χ0n) is 23.9. The Bertz CT molecular complexity index is 1920. The summed E-state index contributed by atoms with van der Waals surface area (Å²) in [7, 11) is 1.59. The van der Waals surface area contributed by atoms with E-state index in [0.29, 0.717) is 24.2 Å². The number of rotatable bonds is 7. The van der Waals surface area contributed by atoms with E-state index >= 15 is 0 Å². The molecule has 44 heavy (non-hydrogen) atoms. The molecule has 1 aromatic heterocycles. The van der Waals surface area contributed by atoms with E-state index in [9.17, 15) is 18.8 Å². The average molecular weight is 589 g/mol. The van der Waals surface area contributed by atoms with Crippen molar-refractivity contribution in [2.75, 3.05) is 18.6 Å². The van der Waals surface area contributed by atoms with E-state index in [1.54, 1.807) is 54.5 Å². The van der Waals surface area contributed by atoms with E-state index in [2.05, 4.69) is 10.3 Å². The molecule has 0 radical (unpaired) electrons. The first-order chi connectivity index (χ1) is 21.5. The van der Waals surface area contributed by atoms with E-state index in [4.69, 9.17) is 4.74 Å². The lowest BCUT2D eigenvalue weighted by Crippen LogP contribution is -2.44. The van der Waals surface area contributed by atoms with Crippen molar-refractivity contribution in [2.45, 2.75) is 24.9 Å².